The minimum atomic E-state index is -0.545. The molecule has 2 heterocycles. The largest absolute Gasteiger partial charge is 0.496 e. The Morgan fingerprint density at radius 1 is 1.17 bits per heavy atom. The standard InChI is InChI=1S/C21H18N4O5/c1-13-11-22-21(27)25(13)15-9-7-14(8-10-15)20(26)29-12-18-23-19(24-30-18)16-5-3-4-6-17(16)28-2/h3-11H,12H2,1-2H3,(H,22,27). The summed E-state index contributed by atoms with van der Waals surface area (Å²) in [4.78, 5) is 31.0. The molecule has 0 spiro atoms. The highest BCUT2D eigenvalue weighted by molar-refractivity contribution is 5.89. The van der Waals surface area contributed by atoms with Gasteiger partial charge in [0.1, 0.15) is 5.75 Å². The highest BCUT2D eigenvalue weighted by atomic mass is 16.6. The maximum absolute atomic E-state index is 12.3. The van der Waals surface area contributed by atoms with Crippen LogP contribution in [0.3, 0.4) is 0 Å². The van der Waals surface area contributed by atoms with Gasteiger partial charge in [-0.1, -0.05) is 17.3 Å². The lowest BCUT2D eigenvalue weighted by Crippen LogP contribution is -2.16. The molecule has 2 aromatic carbocycles. The van der Waals surface area contributed by atoms with E-state index in [0.717, 1.165) is 5.69 Å². The van der Waals surface area contributed by atoms with Crippen LogP contribution in [0.4, 0.5) is 0 Å². The lowest BCUT2D eigenvalue weighted by molar-refractivity contribution is 0.0430. The Hall–Kier alpha value is -4.14. The van der Waals surface area contributed by atoms with E-state index in [1.807, 2.05) is 19.1 Å². The number of H-pyrrole nitrogens is 1. The Morgan fingerprint density at radius 2 is 1.93 bits per heavy atom. The van der Waals surface area contributed by atoms with E-state index in [1.165, 1.54) is 4.57 Å². The zero-order valence-corrected chi connectivity index (χ0v) is 16.3. The molecule has 0 unspecified atom stereocenters. The average molecular weight is 406 g/mol. The Bertz CT molecular complexity index is 1240. The van der Waals surface area contributed by atoms with E-state index >= 15 is 0 Å². The van der Waals surface area contributed by atoms with Gasteiger partial charge in [0.25, 0.3) is 5.89 Å². The number of aromatic amines is 1. The first-order valence-corrected chi connectivity index (χ1v) is 9.07. The van der Waals surface area contributed by atoms with Crippen LogP contribution in [0.5, 0.6) is 5.75 Å². The van der Waals surface area contributed by atoms with Crippen molar-refractivity contribution in [2.24, 2.45) is 0 Å². The maximum Gasteiger partial charge on any atom is 0.338 e. The van der Waals surface area contributed by atoms with Crippen LogP contribution in [0.1, 0.15) is 21.9 Å². The van der Waals surface area contributed by atoms with Crippen LogP contribution in [-0.4, -0.2) is 32.8 Å². The van der Waals surface area contributed by atoms with Gasteiger partial charge in [-0.3, -0.25) is 4.57 Å². The number of carbonyl (C=O) groups is 1. The molecule has 0 radical (unpaired) electrons. The molecule has 9 heteroatoms. The number of ether oxygens (including phenoxy) is 2. The lowest BCUT2D eigenvalue weighted by atomic mass is 10.2. The van der Waals surface area contributed by atoms with Crippen LogP contribution in [0, 0.1) is 6.92 Å². The second-order valence-electron chi connectivity index (χ2n) is 6.41. The molecule has 0 saturated carbocycles. The summed E-state index contributed by atoms with van der Waals surface area (Å²) >= 11 is 0. The van der Waals surface area contributed by atoms with Gasteiger partial charge in [0.05, 0.1) is 23.9 Å². The topological polar surface area (TPSA) is 112 Å². The first kappa shape index (κ1) is 19.2. The number of hydrogen-bond acceptors (Lipinski definition) is 7. The van der Waals surface area contributed by atoms with E-state index in [4.69, 9.17) is 14.0 Å². The van der Waals surface area contributed by atoms with Crippen LogP contribution >= 0.6 is 0 Å². The molecule has 0 atom stereocenters. The number of nitrogens with one attached hydrogen (secondary N) is 1. The van der Waals surface area contributed by atoms with Crippen molar-refractivity contribution in [3.63, 3.8) is 0 Å². The molecule has 30 heavy (non-hydrogen) atoms. The molecular formula is C21H18N4O5. The molecule has 0 aliphatic rings. The van der Waals surface area contributed by atoms with Gasteiger partial charge in [0, 0.05) is 11.9 Å². The van der Waals surface area contributed by atoms with E-state index in [2.05, 4.69) is 15.1 Å². The number of benzene rings is 2. The van der Waals surface area contributed by atoms with Crippen molar-refractivity contribution in [1.29, 1.82) is 0 Å². The van der Waals surface area contributed by atoms with Crippen LogP contribution in [-0.2, 0) is 11.3 Å². The summed E-state index contributed by atoms with van der Waals surface area (Å²) in [5.41, 5.74) is 2.17. The number of rotatable bonds is 6. The summed E-state index contributed by atoms with van der Waals surface area (Å²) in [5.74, 6) is 0.570. The number of esters is 1. The smallest absolute Gasteiger partial charge is 0.338 e. The third-order valence-corrected chi connectivity index (χ3v) is 4.46. The minimum absolute atomic E-state index is 0.162. The summed E-state index contributed by atoms with van der Waals surface area (Å²) in [5, 5.41) is 3.91. The van der Waals surface area contributed by atoms with E-state index in [9.17, 15) is 9.59 Å². The van der Waals surface area contributed by atoms with E-state index < -0.39 is 5.97 Å². The van der Waals surface area contributed by atoms with Crippen molar-refractivity contribution in [3.05, 3.63) is 82.4 Å². The summed E-state index contributed by atoms with van der Waals surface area (Å²) in [7, 11) is 1.56. The molecule has 4 aromatic rings. The second kappa shape index (κ2) is 8.08. The van der Waals surface area contributed by atoms with Crippen LogP contribution in [0.15, 0.2) is 64.0 Å². The number of imidazole rings is 1. The molecule has 0 fully saturated rings. The molecule has 0 bridgehead atoms. The van der Waals surface area contributed by atoms with Crippen molar-refractivity contribution in [1.82, 2.24) is 19.7 Å². The number of nitrogens with zero attached hydrogens (tertiary/aromatic N) is 3. The van der Waals surface area contributed by atoms with Gasteiger partial charge >= 0.3 is 11.7 Å². The van der Waals surface area contributed by atoms with Gasteiger partial charge in [0.15, 0.2) is 6.61 Å². The minimum Gasteiger partial charge on any atom is -0.496 e. The highest BCUT2D eigenvalue weighted by Gasteiger charge is 2.15. The average Bonchev–Trinajstić information content (AvgIpc) is 3.38. The number of methoxy groups -OCH3 is 1. The van der Waals surface area contributed by atoms with E-state index in [0.29, 0.717) is 28.4 Å². The van der Waals surface area contributed by atoms with Crippen molar-refractivity contribution < 1.29 is 18.8 Å². The van der Waals surface area contributed by atoms with Gasteiger partial charge in [-0.2, -0.15) is 4.98 Å². The lowest BCUT2D eigenvalue weighted by Gasteiger charge is -2.06. The first-order chi connectivity index (χ1) is 14.6. The molecule has 4 rings (SSSR count). The summed E-state index contributed by atoms with van der Waals surface area (Å²) in [6.07, 6.45) is 1.62. The van der Waals surface area contributed by atoms with Crippen molar-refractivity contribution in [2.75, 3.05) is 7.11 Å². The van der Waals surface area contributed by atoms with Crippen LogP contribution in [0.2, 0.25) is 0 Å². The maximum atomic E-state index is 12.3. The first-order valence-electron chi connectivity index (χ1n) is 9.07. The predicted octanol–water partition coefficient (Wildman–Crippen LogP) is 2.89. The fourth-order valence-corrected chi connectivity index (χ4v) is 2.99. The van der Waals surface area contributed by atoms with Gasteiger partial charge in [-0.25, -0.2) is 9.59 Å². The molecule has 0 amide bonds. The summed E-state index contributed by atoms with van der Waals surface area (Å²) in [6.45, 7) is 1.64. The molecule has 1 N–H and O–H groups in total. The molecule has 2 aromatic heterocycles. The van der Waals surface area contributed by atoms with Gasteiger partial charge in [-0.05, 0) is 43.3 Å². The van der Waals surface area contributed by atoms with Crippen molar-refractivity contribution >= 4 is 5.97 Å². The molecule has 9 nitrogen and oxygen atoms in total. The Morgan fingerprint density at radius 3 is 2.63 bits per heavy atom. The Balaban J connectivity index is 1.43. The van der Waals surface area contributed by atoms with Crippen molar-refractivity contribution in [3.8, 4) is 22.8 Å². The van der Waals surface area contributed by atoms with Gasteiger partial charge in [-0.15, -0.1) is 0 Å². The monoisotopic (exact) mass is 406 g/mol. The number of aryl methyl sites for hydroxylation is 1. The van der Waals surface area contributed by atoms with E-state index in [-0.39, 0.29) is 18.2 Å². The predicted molar refractivity (Wildman–Crippen MR) is 107 cm³/mol. The SMILES string of the molecule is COc1ccccc1-c1noc(COC(=O)c2ccc(-n3c(C)c[nH]c3=O)cc2)n1. The molecule has 0 aliphatic heterocycles. The normalized spacial score (nSPS) is 10.7. The fourth-order valence-electron chi connectivity index (χ4n) is 2.99. The number of hydrogen-bond donors (Lipinski definition) is 1. The zero-order valence-electron chi connectivity index (χ0n) is 16.3. The molecular weight excluding hydrogens is 388 g/mol. The molecule has 0 saturated heterocycles. The molecule has 152 valence electrons. The van der Waals surface area contributed by atoms with Gasteiger partial charge < -0.3 is 19.0 Å². The Kier molecular flexibility index (Phi) is 5.17. The van der Waals surface area contributed by atoms with Crippen LogP contribution < -0.4 is 10.4 Å². The second-order valence-corrected chi connectivity index (χ2v) is 6.41. The van der Waals surface area contributed by atoms with E-state index in [1.54, 1.807) is 49.7 Å². The third kappa shape index (κ3) is 3.72. The highest BCUT2D eigenvalue weighted by Crippen LogP contribution is 2.27. The number of para-hydroxylation sites is 1. The number of carbonyl (C=O) groups excluding carboxylic acids is 1. The van der Waals surface area contributed by atoms with Crippen molar-refractivity contribution in [2.45, 2.75) is 13.5 Å². The fraction of sp³-hybridized carbons (Fsp3) is 0.143. The van der Waals surface area contributed by atoms with Crippen LogP contribution in [0.25, 0.3) is 17.1 Å². The third-order valence-electron chi connectivity index (χ3n) is 4.46. The summed E-state index contributed by atoms with van der Waals surface area (Å²) in [6, 6.07) is 13.8. The number of aromatic nitrogens is 4. The summed E-state index contributed by atoms with van der Waals surface area (Å²) < 4.78 is 17.2. The zero-order chi connectivity index (χ0) is 21.1. The quantitative estimate of drug-likeness (QED) is 0.490. The Labute approximate surface area is 170 Å². The van der Waals surface area contributed by atoms with Gasteiger partial charge in [0.2, 0.25) is 5.82 Å². The molecule has 0 aliphatic carbocycles.